The highest BCUT2D eigenvalue weighted by molar-refractivity contribution is 5.92. The fourth-order valence-corrected chi connectivity index (χ4v) is 5.10. The van der Waals surface area contributed by atoms with Gasteiger partial charge in [-0.3, -0.25) is 14.9 Å². The second-order valence-electron chi connectivity index (χ2n) is 11.7. The molecule has 0 spiro atoms. The first-order valence-corrected chi connectivity index (χ1v) is 16.5. The third kappa shape index (κ3) is 12.1. The summed E-state index contributed by atoms with van der Waals surface area (Å²) >= 11 is 0. The summed E-state index contributed by atoms with van der Waals surface area (Å²) in [4.78, 5) is 37.2. The van der Waals surface area contributed by atoms with Crippen LogP contribution >= 0.6 is 0 Å². The summed E-state index contributed by atoms with van der Waals surface area (Å²) in [5.74, 6) is -0.189. The maximum absolute atomic E-state index is 12.7. The highest BCUT2D eigenvalue weighted by atomic mass is 16.5. The van der Waals surface area contributed by atoms with Crippen LogP contribution in [0.25, 0.3) is 0 Å². The number of carbonyl (C=O) groups is 3. The normalized spacial score (nSPS) is 12.1. The Kier molecular flexibility index (Phi) is 14.2. The number of hydrogen-bond donors (Lipinski definition) is 4. The van der Waals surface area contributed by atoms with Gasteiger partial charge in [0.2, 0.25) is 5.91 Å². The van der Waals surface area contributed by atoms with Gasteiger partial charge in [0.1, 0.15) is 29.5 Å². The summed E-state index contributed by atoms with van der Waals surface area (Å²) in [7, 11) is 1.56. The van der Waals surface area contributed by atoms with Crippen molar-refractivity contribution in [2.75, 3.05) is 19.0 Å². The number of benzene rings is 4. The minimum atomic E-state index is -1.27. The van der Waals surface area contributed by atoms with Gasteiger partial charge in [0, 0.05) is 5.69 Å². The Labute approximate surface area is 287 Å². The molecule has 2 atom stereocenters. The lowest BCUT2D eigenvalue weighted by Gasteiger charge is -2.20. The number of aliphatic hydroxyl groups is 1. The molecule has 2 unspecified atom stereocenters. The van der Waals surface area contributed by atoms with Crippen LogP contribution < -0.4 is 24.8 Å². The van der Waals surface area contributed by atoms with E-state index >= 15 is 0 Å². The molecule has 0 aliphatic rings. The third-order valence-corrected chi connectivity index (χ3v) is 7.85. The van der Waals surface area contributed by atoms with Crippen LogP contribution in [0.15, 0.2) is 97.1 Å². The number of aliphatic carboxylic acids is 1. The molecule has 49 heavy (non-hydrogen) atoms. The number of anilines is 1. The van der Waals surface area contributed by atoms with Gasteiger partial charge in [0.05, 0.1) is 25.7 Å². The second kappa shape index (κ2) is 19.0. The number of unbranched alkanes of at least 4 members (excludes halogenated alkanes) is 4. The first-order chi connectivity index (χ1) is 23.7. The minimum absolute atomic E-state index is 0.0685. The summed E-state index contributed by atoms with van der Waals surface area (Å²) in [6.45, 7) is 2.82. The first-order valence-electron chi connectivity index (χ1n) is 16.5. The van der Waals surface area contributed by atoms with E-state index in [1.807, 2.05) is 12.1 Å². The van der Waals surface area contributed by atoms with Crippen LogP contribution in [-0.2, 0) is 22.4 Å². The number of carboxylic acid groups (broad SMARTS) is 1. The van der Waals surface area contributed by atoms with Gasteiger partial charge in [0.25, 0.3) is 0 Å². The predicted molar refractivity (Wildman–Crippen MR) is 187 cm³/mol. The Hall–Kier alpha value is -5.19. The van der Waals surface area contributed by atoms with E-state index < -0.39 is 24.2 Å². The number of esters is 1. The number of rotatable bonds is 19. The number of methoxy groups -OCH3 is 1. The standard InChI is InChI=1S/C39H44N2O8/c1-3-4-5-6-7-23-48-32-21-15-30(16-22-32)39(46)49-33-19-11-27(12-20-33)25-35(38(44)45)41-37(43)29-13-17-31(18-14-29)40-36(42)26-28-9-8-10-34(24-28)47-2/h8-22,24,35,37,41,43H,3-7,23,25-26H2,1-2H3,(H,40,42)(H,44,45). The van der Waals surface area contributed by atoms with Crippen LogP contribution in [0.1, 0.15) is 72.3 Å². The zero-order valence-electron chi connectivity index (χ0n) is 27.9. The van der Waals surface area contributed by atoms with Gasteiger partial charge in [-0.2, -0.15) is 0 Å². The Morgan fingerprint density at radius 1 is 0.776 bits per heavy atom. The van der Waals surface area contributed by atoms with Gasteiger partial charge in [-0.15, -0.1) is 0 Å². The maximum Gasteiger partial charge on any atom is 0.343 e. The van der Waals surface area contributed by atoms with Crippen molar-refractivity contribution in [1.29, 1.82) is 0 Å². The molecule has 1 amide bonds. The highest BCUT2D eigenvalue weighted by Gasteiger charge is 2.22. The molecule has 0 saturated carbocycles. The second-order valence-corrected chi connectivity index (χ2v) is 11.7. The molecule has 0 saturated heterocycles. The lowest BCUT2D eigenvalue weighted by Crippen LogP contribution is -2.40. The maximum atomic E-state index is 12.7. The van der Waals surface area contributed by atoms with Gasteiger partial charge in [-0.25, -0.2) is 4.79 Å². The van der Waals surface area contributed by atoms with Crippen molar-refractivity contribution >= 4 is 23.5 Å². The molecular formula is C39H44N2O8. The van der Waals surface area contributed by atoms with E-state index in [1.54, 1.807) is 92.0 Å². The molecule has 4 aromatic carbocycles. The minimum Gasteiger partial charge on any atom is -0.497 e. The largest absolute Gasteiger partial charge is 0.497 e. The van der Waals surface area contributed by atoms with E-state index in [9.17, 15) is 24.6 Å². The third-order valence-electron chi connectivity index (χ3n) is 7.85. The quantitative estimate of drug-likeness (QED) is 0.0371. The van der Waals surface area contributed by atoms with Gasteiger partial charge < -0.3 is 29.7 Å². The molecule has 4 aromatic rings. The van der Waals surface area contributed by atoms with Crippen molar-refractivity contribution in [3.8, 4) is 17.2 Å². The smallest absolute Gasteiger partial charge is 0.343 e. The lowest BCUT2D eigenvalue weighted by molar-refractivity contribution is -0.140. The molecule has 0 radical (unpaired) electrons. The summed E-state index contributed by atoms with van der Waals surface area (Å²) < 4.78 is 16.5. The lowest BCUT2D eigenvalue weighted by atomic mass is 10.0. The van der Waals surface area contributed by atoms with Gasteiger partial charge in [-0.05, 0) is 90.2 Å². The van der Waals surface area contributed by atoms with E-state index in [1.165, 1.54) is 19.3 Å². The number of carboxylic acids is 1. The van der Waals surface area contributed by atoms with E-state index in [0.29, 0.717) is 46.2 Å². The van der Waals surface area contributed by atoms with Crippen molar-refractivity contribution < 1.29 is 38.8 Å². The molecule has 0 aliphatic heterocycles. The van der Waals surface area contributed by atoms with Crippen LogP contribution in [0.4, 0.5) is 5.69 Å². The van der Waals surface area contributed by atoms with Crippen LogP contribution in [0, 0.1) is 0 Å². The predicted octanol–water partition coefficient (Wildman–Crippen LogP) is 6.72. The molecule has 4 rings (SSSR count). The number of carbonyl (C=O) groups excluding carboxylic acids is 2. The molecule has 0 heterocycles. The summed E-state index contributed by atoms with van der Waals surface area (Å²) in [6.07, 6.45) is 4.73. The van der Waals surface area contributed by atoms with Crippen LogP contribution in [0.5, 0.6) is 17.2 Å². The van der Waals surface area contributed by atoms with Crippen molar-refractivity contribution in [2.24, 2.45) is 0 Å². The molecule has 10 heteroatoms. The van der Waals surface area contributed by atoms with Gasteiger partial charge >= 0.3 is 11.9 Å². The molecule has 0 aromatic heterocycles. The Morgan fingerprint density at radius 2 is 1.47 bits per heavy atom. The topological polar surface area (TPSA) is 143 Å². The SMILES string of the molecule is CCCCCCCOc1ccc(C(=O)Oc2ccc(CC(NC(O)c3ccc(NC(=O)Cc4cccc(OC)c4)cc3)C(=O)O)cc2)cc1. The zero-order chi connectivity index (χ0) is 35.0. The van der Waals surface area contributed by atoms with Crippen LogP contribution in [-0.4, -0.2) is 47.8 Å². The summed E-state index contributed by atoms with van der Waals surface area (Å²) in [6, 6.07) is 26.0. The molecule has 0 aliphatic carbocycles. The Balaban J connectivity index is 1.24. The molecule has 0 fully saturated rings. The molecule has 258 valence electrons. The summed E-state index contributed by atoms with van der Waals surface area (Å²) in [5.41, 5.74) is 2.82. The average molecular weight is 669 g/mol. The number of amides is 1. The van der Waals surface area contributed by atoms with E-state index in [4.69, 9.17) is 14.2 Å². The zero-order valence-corrected chi connectivity index (χ0v) is 27.9. The van der Waals surface area contributed by atoms with Crippen molar-refractivity contribution in [1.82, 2.24) is 5.32 Å². The fraction of sp³-hybridized carbons (Fsp3) is 0.308. The molecule has 0 bridgehead atoms. The number of aliphatic hydroxyl groups excluding tert-OH is 1. The monoisotopic (exact) mass is 668 g/mol. The fourth-order valence-electron chi connectivity index (χ4n) is 5.10. The van der Waals surface area contributed by atoms with E-state index in [0.717, 1.165) is 18.4 Å². The van der Waals surface area contributed by atoms with Gasteiger partial charge in [0.15, 0.2) is 0 Å². The average Bonchev–Trinajstić information content (AvgIpc) is 3.10. The molecular weight excluding hydrogens is 624 g/mol. The Morgan fingerprint density at radius 3 is 2.14 bits per heavy atom. The number of ether oxygens (including phenoxy) is 3. The molecule has 4 N–H and O–H groups in total. The number of nitrogens with one attached hydrogen (secondary N) is 2. The molecule has 10 nitrogen and oxygen atoms in total. The van der Waals surface area contributed by atoms with Crippen molar-refractivity contribution in [3.63, 3.8) is 0 Å². The Bertz CT molecular complexity index is 1640. The number of hydrogen-bond acceptors (Lipinski definition) is 8. The van der Waals surface area contributed by atoms with Crippen LogP contribution in [0.3, 0.4) is 0 Å². The van der Waals surface area contributed by atoms with E-state index in [-0.39, 0.29) is 18.7 Å². The summed E-state index contributed by atoms with van der Waals surface area (Å²) in [5, 5.41) is 26.1. The van der Waals surface area contributed by atoms with Gasteiger partial charge in [-0.1, -0.05) is 69.0 Å². The van der Waals surface area contributed by atoms with Crippen LogP contribution in [0.2, 0.25) is 0 Å². The van der Waals surface area contributed by atoms with E-state index in [2.05, 4.69) is 17.6 Å². The highest BCUT2D eigenvalue weighted by Crippen LogP contribution is 2.20. The first kappa shape index (κ1) is 36.6. The van der Waals surface area contributed by atoms with Crippen molar-refractivity contribution in [3.05, 3.63) is 119 Å². The van der Waals surface area contributed by atoms with Crippen molar-refractivity contribution in [2.45, 2.75) is 64.1 Å².